The molecule has 0 spiro atoms. The van der Waals surface area contributed by atoms with Gasteiger partial charge in [-0.1, -0.05) is 30.7 Å². The van der Waals surface area contributed by atoms with Crippen molar-refractivity contribution in [3.05, 3.63) is 82.4 Å². The molecule has 0 aliphatic rings. The minimum absolute atomic E-state index is 0.220. The maximum absolute atomic E-state index is 12.5. The van der Waals surface area contributed by atoms with Gasteiger partial charge in [0.25, 0.3) is 5.91 Å². The van der Waals surface area contributed by atoms with Crippen LogP contribution >= 0.6 is 23.8 Å². The number of nitrogens with zero attached hydrogens (tertiary/aromatic N) is 3. The van der Waals surface area contributed by atoms with Crippen LogP contribution < -0.4 is 10.6 Å². The van der Waals surface area contributed by atoms with E-state index >= 15 is 0 Å². The van der Waals surface area contributed by atoms with Gasteiger partial charge in [-0.15, -0.1) is 10.2 Å². The largest absolute Gasteiger partial charge is 0.332 e. The van der Waals surface area contributed by atoms with Crippen molar-refractivity contribution in [2.24, 2.45) is 0 Å². The highest BCUT2D eigenvalue weighted by atomic mass is 35.5. The van der Waals surface area contributed by atoms with E-state index in [0.29, 0.717) is 16.1 Å². The molecule has 0 saturated heterocycles. The average Bonchev–Trinajstić information content (AvgIpc) is 3.17. The third-order valence-electron chi connectivity index (χ3n) is 4.88. The smallest absolute Gasteiger partial charge is 0.257 e. The molecule has 2 N–H and O–H groups in total. The molecule has 6 nitrogen and oxygen atoms in total. The molecule has 3 aromatic carbocycles. The zero-order chi connectivity index (χ0) is 22.0. The number of nitrogens with one attached hydrogen (secondary N) is 2. The number of aryl methyl sites for hydroxylation is 2. The molecule has 0 fully saturated rings. The normalized spacial score (nSPS) is 10.8. The highest BCUT2D eigenvalue weighted by Gasteiger charge is 2.12. The van der Waals surface area contributed by atoms with Gasteiger partial charge in [-0.25, -0.2) is 0 Å². The van der Waals surface area contributed by atoms with Gasteiger partial charge in [0, 0.05) is 16.3 Å². The van der Waals surface area contributed by atoms with Crippen LogP contribution in [0.3, 0.4) is 0 Å². The third-order valence-corrected chi connectivity index (χ3v) is 5.34. The fourth-order valence-electron chi connectivity index (χ4n) is 3.11. The molecule has 31 heavy (non-hydrogen) atoms. The van der Waals surface area contributed by atoms with Gasteiger partial charge in [-0.2, -0.15) is 4.80 Å². The highest BCUT2D eigenvalue weighted by molar-refractivity contribution is 7.80. The molecule has 156 valence electrons. The van der Waals surface area contributed by atoms with E-state index in [0.717, 1.165) is 28.9 Å². The molecule has 0 aliphatic carbocycles. The minimum atomic E-state index is -0.257. The number of carbonyl (C=O) groups is 1. The molecular weight excluding hydrogens is 430 g/mol. The number of thiocarbonyl (C=S) groups is 1. The highest BCUT2D eigenvalue weighted by Crippen LogP contribution is 2.22. The van der Waals surface area contributed by atoms with Crippen molar-refractivity contribution in [3.63, 3.8) is 0 Å². The van der Waals surface area contributed by atoms with Crippen molar-refractivity contribution in [1.29, 1.82) is 0 Å². The fourth-order valence-corrected chi connectivity index (χ4v) is 3.44. The fraction of sp³-hybridized carbons (Fsp3) is 0.130. The van der Waals surface area contributed by atoms with Crippen molar-refractivity contribution in [2.75, 3.05) is 5.32 Å². The zero-order valence-corrected chi connectivity index (χ0v) is 18.6. The van der Waals surface area contributed by atoms with Gasteiger partial charge < -0.3 is 5.32 Å². The van der Waals surface area contributed by atoms with E-state index in [4.69, 9.17) is 23.8 Å². The van der Waals surface area contributed by atoms with E-state index in [1.54, 1.807) is 29.1 Å². The summed E-state index contributed by atoms with van der Waals surface area (Å²) in [4.78, 5) is 14.0. The third kappa shape index (κ3) is 4.73. The van der Waals surface area contributed by atoms with Crippen molar-refractivity contribution in [2.45, 2.75) is 20.3 Å². The average molecular weight is 450 g/mol. The number of benzene rings is 3. The van der Waals surface area contributed by atoms with Gasteiger partial charge in [0.15, 0.2) is 5.11 Å². The summed E-state index contributed by atoms with van der Waals surface area (Å²) in [6.45, 7) is 4.01. The van der Waals surface area contributed by atoms with Crippen LogP contribution in [0.5, 0.6) is 0 Å². The number of anilines is 1. The van der Waals surface area contributed by atoms with Crippen LogP contribution in [0.25, 0.3) is 16.7 Å². The Morgan fingerprint density at radius 1 is 1.03 bits per heavy atom. The maximum atomic E-state index is 12.5. The number of halogens is 1. The molecule has 0 aliphatic heterocycles. The Labute approximate surface area is 190 Å². The first-order chi connectivity index (χ1) is 14.9. The Morgan fingerprint density at radius 3 is 2.32 bits per heavy atom. The van der Waals surface area contributed by atoms with Crippen LogP contribution in [0.4, 0.5) is 5.69 Å². The first kappa shape index (κ1) is 21.0. The zero-order valence-electron chi connectivity index (χ0n) is 17.0. The standard InChI is InChI=1S/C23H20ClN5OS/c1-3-15-4-6-16(7-5-15)22(30)26-23(31)25-19-13-21-20(12-14(19)2)27-29(28-21)18-10-8-17(24)9-11-18/h4-13H,3H2,1-2H3,(H2,25,26,30,31). The molecule has 0 atom stereocenters. The number of aromatic nitrogens is 3. The second-order valence-electron chi connectivity index (χ2n) is 7.08. The van der Waals surface area contributed by atoms with Gasteiger partial charge >= 0.3 is 0 Å². The van der Waals surface area contributed by atoms with Crippen molar-refractivity contribution in [3.8, 4) is 5.69 Å². The van der Waals surface area contributed by atoms with Crippen LogP contribution in [0, 0.1) is 6.92 Å². The van der Waals surface area contributed by atoms with Crippen LogP contribution in [0.2, 0.25) is 5.02 Å². The molecular formula is C23H20ClN5OS. The summed E-state index contributed by atoms with van der Waals surface area (Å²) in [7, 11) is 0. The number of hydrogen-bond donors (Lipinski definition) is 2. The molecule has 0 bridgehead atoms. The van der Waals surface area contributed by atoms with Crippen molar-refractivity contribution < 1.29 is 4.79 Å². The number of rotatable bonds is 4. The first-order valence-electron chi connectivity index (χ1n) is 9.78. The molecule has 8 heteroatoms. The summed E-state index contributed by atoms with van der Waals surface area (Å²) >= 11 is 11.3. The number of fused-ring (bicyclic) bond motifs is 1. The van der Waals surface area contributed by atoms with E-state index in [9.17, 15) is 4.79 Å². The van der Waals surface area contributed by atoms with Crippen LogP contribution in [0.15, 0.2) is 60.7 Å². The molecule has 1 aromatic heterocycles. The summed E-state index contributed by atoms with van der Waals surface area (Å²) in [6.07, 6.45) is 0.923. The SMILES string of the molecule is CCc1ccc(C(=O)NC(=S)Nc2cc3nn(-c4ccc(Cl)cc4)nc3cc2C)cc1. The summed E-state index contributed by atoms with van der Waals surface area (Å²) in [5.41, 5.74) is 5.68. The van der Waals surface area contributed by atoms with Crippen LogP contribution in [-0.4, -0.2) is 26.0 Å². The first-order valence-corrected chi connectivity index (χ1v) is 10.6. The summed E-state index contributed by atoms with van der Waals surface area (Å²) in [5.74, 6) is -0.257. The lowest BCUT2D eigenvalue weighted by atomic mass is 10.1. The van der Waals surface area contributed by atoms with Gasteiger partial charge in [0.2, 0.25) is 0 Å². The van der Waals surface area contributed by atoms with Gasteiger partial charge in [0.1, 0.15) is 11.0 Å². The number of amides is 1. The number of hydrogen-bond acceptors (Lipinski definition) is 4. The lowest BCUT2D eigenvalue weighted by Crippen LogP contribution is -2.34. The van der Waals surface area contributed by atoms with E-state index in [2.05, 4.69) is 27.8 Å². The molecule has 1 amide bonds. The van der Waals surface area contributed by atoms with Gasteiger partial charge in [-0.3, -0.25) is 10.1 Å². The Bertz CT molecular complexity index is 1270. The summed E-state index contributed by atoms with van der Waals surface area (Å²) < 4.78 is 0. The summed E-state index contributed by atoms with van der Waals surface area (Å²) in [6, 6.07) is 18.5. The van der Waals surface area contributed by atoms with E-state index in [-0.39, 0.29) is 11.0 Å². The monoisotopic (exact) mass is 449 g/mol. The Morgan fingerprint density at radius 2 is 1.68 bits per heavy atom. The van der Waals surface area contributed by atoms with Gasteiger partial charge in [0.05, 0.1) is 5.69 Å². The Hall–Kier alpha value is -3.29. The molecule has 4 rings (SSSR count). The van der Waals surface area contributed by atoms with Crippen LogP contribution in [0.1, 0.15) is 28.4 Å². The Balaban J connectivity index is 1.50. The Kier molecular flexibility index (Phi) is 5.97. The van der Waals surface area contributed by atoms with E-state index < -0.39 is 0 Å². The predicted octanol–water partition coefficient (Wildman–Crippen LogP) is 5.07. The van der Waals surface area contributed by atoms with Crippen molar-refractivity contribution in [1.82, 2.24) is 20.3 Å². The quantitative estimate of drug-likeness (QED) is 0.425. The molecule has 0 saturated carbocycles. The second kappa shape index (κ2) is 8.83. The summed E-state index contributed by atoms with van der Waals surface area (Å²) in [5, 5.41) is 15.7. The van der Waals surface area contributed by atoms with E-state index in [1.807, 2.05) is 43.3 Å². The molecule has 4 aromatic rings. The number of carbonyl (C=O) groups excluding carboxylic acids is 1. The second-order valence-corrected chi connectivity index (χ2v) is 7.93. The minimum Gasteiger partial charge on any atom is -0.332 e. The molecule has 0 unspecified atom stereocenters. The van der Waals surface area contributed by atoms with Gasteiger partial charge in [-0.05, 0) is 85.2 Å². The lowest BCUT2D eigenvalue weighted by molar-refractivity contribution is 0.0977. The molecule has 0 radical (unpaired) electrons. The maximum Gasteiger partial charge on any atom is 0.257 e. The van der Waals surface area contributed by atoms with E-state index in [1.165, 1.54) is 5.56 Å². The predicted molar refractivity (Wildman–Crippen MR) is 128 cm³/mol. The molecule has 1 heterocycles. The lowest BCUT2D eigenvalue weighted by Gasteiger charge is -2.12. The topological polar surface area (TPSA) is 71.8 Å². The van der Waals surface area contributed by atoms with Crippen LogP contribution in [-0.2, 0) is 6.42 Å². The van der Waals surface area contributed by atoms with Crippen molar-refractivity contribution >= 4 is 51.6 Å².